The van der Waals surface area contributed by atoms with E-state index in [1.54, 1.807) is 6.08 Å². The van der Waals surface area contributed by atoms with Gasteiger partial charge in [0.25, 0.3) is 5.56 Å². The molecule has 144 valence electrons. The molecule has 2 aliphatic heterocycles. The second kappa shape index (κ2) is 6.63. The number of fused-ring (bicyclic) bond motifs is 2. The second-order valence-corrected chi connectivity index (χ2v) is 7.08. The van der Waals surface area contributed by atoms with E-state index in [4.69, 9.17) is 0 Å². The van der Waals surface area contributed by atoms with Crippen molar-refractivity contribution < 1.29 is 9.90 Å². The van der Waals surface area contributed by atoms with Crippen LogP contribution in [0.1, 0.15) is 22.6 Å². The van der Waals surface area contributed by atoms with Gasteiger partial charge in [0.2, 0.25) is 5.95 Å². The monoisotopic (exact) mass is 386 g/mol. The van der Waals surface area contributed by atoms with Crippen LogP contribution in [0.5, 0.6) is 0 Å². The number of allylic oxidation sites excluding steroid dienone is 1. The zero-order chi connectivity index (χ0) is 20.0. The summed E-state index contributed by atoms with van der Waals surface area (Å²) in [6.45, 7) is 0.699. The number of aromatic nitrogens is 2. The van der Waals surface area contributed by atoms with Gasteiger partial charge in [-0.2, -0.15) is 4.98 Å². The standard InChI is InChI=1S/C22H18N4O3/c27-20-18-15(13-6-2-1-3-7-13)12-16(21(28)29)23-19(18)24-22(25-20)26-11-10-14-8-4-5-9-17(14)26/h1-9,12,15H,10-11H2,(H,28,29)(H2,23,24,25,27)/t15-/m1/s1. The first-order valence-corrected chi connectivity index (χ1v) is 9.38. The Hall–Kier alpha value is -3.87. The van der Waals surface area contributed by atoms with E-state index < -0.39 is 11.9 Å². The molecule has 1 atom stereocenters. The van der Waals surface area contributed by atoms with Crippen molar-refractivity contribution in [1.82, 2.24) is 9.97 Å². The summed E-state index contributed by atoms with van der Waals surface area (Å²) in [6.07, 6.45) is 2.42. The molecule has 0 saturated heterocycles. The molecule has 3 aromatic rings. The lowest BCUT2D eigenvalue weighted by molar-refractivity contribution is -0.132. The molecule has 0 amide bonds. The van der Waals surface area contributed by atoms with Crippen LogP contribution in [-0.2, 0) is 11.2 Å². The summed E-state index contributed by atoms with van der Waals surface area (Å²) in [4.78, 5) is 34.2. The van der Waals surface area contributed by atoms with Crippen molar-refractivity contribution in [3.63, 3.8) is 0 Å². The van der Waals surface area contributed by atoms with Gasteiger partial charge in [-0.25, -0.2) is 4.79 Å². The van der Waals surface area contributed by atoms with Gasteiger partial charge in [0.05, 0.1) is 5.56 Å². The number of para-hydroxylation sites is 1. The van der Waals surface area contributed by atoms with Crippen LogP contribution in [0.4, 0.5) is 17.5 Å². The Kier molecular flexibility index (Phi) is 3.94. The first kappa shape index (κ1) is 17.2. The molecule has 0 radical (unpaired) electrons. The average Bonchev–Trinajstić information content (AvgIpc) is 3.17. The number of anilines is 3. The number of carboxylic acids is 1. The third kappa shape index (κ3) is 2.87. The van der Waals surface area contributed by atoms with Gasteiger partial charge in [0.1, 0.15) is 11.5 Å². The molecule has 3 heterocycles. The van der Waals surface area contributed by atoms with Crippen LogP contribution in [0, 0.1) is 0 Å². The van der Waals surface area contributed by atoms with Crippen LogP contribution in [0.3, 0.4) is 0 Å². The van der Waals surface area contributed by atoms with Gasteiger partial charge < -0.3 is 15.3 Å². The molecule has 7 heteroatoms. The molecule has 2 aliphatic rings. The van der Waals surface area contributed by atoms with Crippen LogP contribution in [0.15, 0.2) is 71.2 Å². The van der Waals surface area contributed by atoms with E-state index in [1.807, 2.05) is 53.4 Å². The number of carbonyl (C=O) groups is 1. The fourth-order valence-corrected chi connectivity index (χ4v) is 4.01. The van der Waals surface area contributed by atoms with E-state index in [9.17, 15) is 14.7 Å². The van der Waals surface area contributed by atoms with E-state index in [2.05, 4.69) is 21.4 Å². The minimum Gasteiger partial charge on any atom is -0.477 e. The van der Waals surface area contributed by atoms with Crippen molar-refractivity contribution >= 4 is 23.4 Å². The Morgan fingerprint density at radius 3 is 2.66 bits per heavy atom. The molecular weight excluding hydrogens is 368 g/mol. The summed E-state index contributed by atoms with van der Waals surface area (Å²) in [5.41, 5.74) is 3.17. The van der Waals surface area contributed by atoms with Crippen molar-refractivity contribution in [2.45, 2.75) is 12.3 Å². The molecule has 5 rings (SSSR count). The van der Waals surface area contributed by atoms with Crippen molar-refractivity contribution in [3.8, 4) is 0 Å². The lowest BCUT2D eigenvalue weighted by atomic mass is 9.89. The molecule has 0 saturated carbocycles. The summed E-state index contributed by atoms with van der Waals surface area (Å²) < 4.78 is 0. The van der Waals surface area contributed by atoms with Crippen molar-refractivity contribution in [2.24, 2.45) is 0 Å². The molecule has 0 spiro atoms. The normalized spacial score (nSPS) is 17.2. The van der Waals surface area contributed by atoms with Gasteiger partial charge in [-0.05, 0) is 29.7 Å². The van der Waals surface area contributed by atoms with E-state index >= 15 is 0 Å². The van der Waals surface area contributed by atoms with Gasteiger partial charge in [0.15, 0.2) is 0 Å². The molecule has 29 heavy (non-hydrogen) atoms. The SMILES string of the molecule is O=C(O)C1=C[C@H](c2ccccc2)c2c(nc(N3CCc4ccccc43)[nH]c2=O)N1. The summed E-state index contributed by atoms with van der Waals surface area (Å²) in [7, 11) is 0. The molecular formula is C22H18N4O3. The van der Waals surface area contributed by atoms with Crippen molar-refractivity contribution in [3.05, 3.63) is 93.4 Å². The predicted molar refractivity (Wildman–Crippen MR) is 110 cm³/mol. The Labute approximate surface area is 166 Å². The highest BCUT2D eigenvalue weighted by atomic mass is 16.4. The Bertz CT molecular complexity index is 1200. The number of aromatic amines is 1. The number of nitrogens with one attached hydrogen (secondary N) is 2. The number of nitrogens with zero attached hydrogens (tertiary/aromatic N) is 2. The molecule has 3 N–H and O–H groups in total. The Morgan fingerprint density at radius 1 is 1.10 bits per heavy atom. The molecule has 2 aromatic carbocycles. The number of H-pyrrole nitrogens is 1. The number of hydrogen-bond donors (Lipinski definition) is 3. The third-order valence-electron chi connectivity index (χ3n) is 5.37. The lowest BCUT2D eigenvalue weighted by Gasteiger charge is -2.25. The number of benzene rings is 2. The van der Waals surface area contributed by atoms with Crippen LogP contribution in [0.25, 0.3) is 0 Å². The topological polar surface area (TPSA) is 98.3 Å². The Balaban J connectivity index is 1.64. The number of aliphatic carboxylic acids is 1. The summed E-state index contributed by atoms with van der Waals surface area (Å²) in [5, 5.41) is 12.4. The quantitative estimate of drug-likeness (QED) is 0.640. The molecule has 0 unspecified atom stereocenters. The zero-order valence-electron chi connectivity index (χ0n) is 15.4. The zero-order valence-corrected chi connectivity index (χ0v) is 15.4. The van der Waals surface area contributed by atoms with E-state index in [0.717, 1.165) is 17.7 Å². The molecule has 7 nitrogen and oxygen atoms in total. The Morgan fingerprint density at radius 2 is 1.86 bits per heavy atom. The number of rotatable bonds is 3. The van der Waals surface area contributed by atoms with Gasteiger partial charge in [-0.15, -0.1) is 0 Å². The molecule has 1 aromatic heterocycles. The maximum atomic E-state index is 13.1. The van der Waals surface area contributed by atoms with Crippen molar-refractivity contribution in [2.75, 3.05) is 16.8 Å². The van der Waals surface area contributed by atoms with Gasteiger partial charge >= 0.3 is 5.97 Å². The summed E-state index contributed by atoms with van der Waals surface area (Å²) >= 11 is 0. The van der Waals surface area contributed by atoms with Crippen LogP contribution in [-0.4, -0.2) is 27.6 Å². The minimum absolute atomic E-state index is 0.0113. The van der Waals surface area contributed by atoms with Crippen molar-refractivity contribution in [1.29, 1.82) is 0 Å². The average molecular weight is 386 g/mol. The maximum Gasteiger partial charge on any atom is 0.352 e. The summed E-state index contributed by atoms with van der Waals surface area (Å²) in [6, 6.07) is 17.3. The predicted octanol–water partition coefficient (Wildman–Crippen LogP) is 2.99. The van der Waals surface area contributed by atoms with E-state index in [1.165, 1.54) is 5.56 Å². The lowest BCUT2D eigenvalue weighted by Crippen LogP contribution is -2.30. The van der Waals surface area contributed by atoms with Gasteiger partial charge in [0, 0.05) is 18.2 Å². The van der Waals surface area contributed by atoms with E-state index in [0.29, 0.717) is 18.1 Å². The molecule has 0 bridgehead atoms. The maximum absolute atomic E-state index is 13.1. The fourth-order valence-electron chi connectivity index (χ4n) is 4.01. The first-order chi connectivity index (χ1) is 14.1. The fraction of sp³-hybridized carbons (Fsp3) is 0.136. The largest absolute Gasteiger partial charge is 0.477 e. The third-order valence-corrected chi connectivity index (χ3v) is 5.37. The van der Waals surface area contributed by atoms with Crippen LogP contribution in [0.2, 0.25) is 0 Å². The summed E-state index contributed by atoms with van der Waals surface area (Å²) in [5.74, 6) is -0.895. The number of carboxylic acid groups (broad SMARTS) is 1. The second-order valence-electron chi connectivity index (χ2n) is 7.08. The smallest absolute Gasteiger partial charge is 0.352 e. The minimum atomic E-state index is -1.09. The highest BCUT2D eigenvalue weighted by molar-refractivity contribution is 5.91. The molecule has 0 aliphatic carbocycles. The highest BCUT2D eigenvalue weighted by Gasteiger charge is 2.30. The van der Waals surface area contributed by atoms with E-state index in [-0.39, 0.29) is 17.1 Å². The highest BCUT2D eigenvalue weighted by Crippen LogP contribution is 2.36. The van der Waals surface area contributed by atoms with Crippen LogP contribution >= 0.6 is 0 Å². The van der Waals surface area contributed by atoms with Crippen LogP contribution < -0.4 is 15.8 Å². The molecule has 0 fully saturated rings. The first-order valence-electron chi connectivity index (χ1n) is 9.38. The van der Waals surface area contributed by atoms with Gasteiger partial charge in [-0.1, -0.05) is 48.5 Å². The van der Waals surface area contributed by atoms with Gasteiger partial charge in [-0.3, -0.25) is 9.78 Å². The number of hydrogen-bond acceptors (Lipinski definition) is 5.